The average Bonchev–Trinajstić information content (AvgIpc) is 2.51. The standard InChI is InChI=1S/C11H11N3O.C3H4/c12-14-13-10-6-5-8-3-1-2-4-9(8)7-11(10)15;1-3-2/h1-4,10H,5-7H2;1H,2H3. The van der Waals surface area contributed by atoms with Crippen LogP contribution < -0.4 is 0 Å². The van der Waals surface area contributed by atoms with Crippen molar-refractivity contribution >= 4 is 5.78 Å². The zero-order valence-electron chi connectivity index (χ0n) is 10.3. The van der Waals surface area contributed by atoms with Crippen LogP contribution in [-0.4, -0.2) is 11.8 Å². The van der Waals surface area contributed by atoms with Gasteiger partial charge in [0.2, 0.25) is 0 Å². The van der Waals surface area contributed by atoms with Gasteiger partial charge < -0.3 is 0 Å². The molecule has 0 saturated carbocycles. The van der Waals surface area contributed by atoms with E-state index in [0.717, 1.165) is 12.0 Å². The van der Waals surface area contributed by atoms with E-state index in [9.17, 15) is 4.79 Å². The maximum Gasteiger partial charge on any atom is 0.146 e. The normalized spacial score (nSPS) is 17.1. The highest BCUT2D eigenvalue weighted by molar-refractivity contribution is 5.87. The van der Waals surface area contributed by atoms with Gasteiger partial charge in [0.15, 0.2) is 0 Å². The van der Waals surface area contributed by atoms with Crippen LogP contribution in [0.3, 0.4) is 0 Å². The molecule has 0 aromatic heterocycles. The van der Waals surface area contributed by atoms with Crippen LogP contribution in [0.5, 0.6) is 0 Å². The second-order valence-electron chi connectivity index (χ2n) is 3.96. The number of carbonyl (C=O) groups excluding carboxylic acids is 1. The van der Waals surface area contributed by atoms with Crippen LogP contribution in [0, 0.1) is 12.3 Å². The molecule has 1 aromatic rings. The van der Waals surface area contributed by atoms with Crippen LogP contribution in [0.15, 0.2) is 29.4 Å². The molecule has 0 saturated heterocycles. The van der Waals surface area contributed by atoms with Gasteiger partial charge in [-0.15, -0.1) is 12.3 Å². The highest BCUT2D eigenvalue weighted by atomic mass is 16.1. The first-order chi connectivity index (χ1) is 8.72. The SMILES string of the molecule is C#CC.[N-]=[N+]=NC1CCc2ccccc2CC1=O. The van der Waals surface area contributed by atoms with Gasteiger partial charge in [-0.05, 0) is 36.4 Å². The van der Waals surface area contributed by atoms with E-state index in [0.29, 0.717) is 12.8 Å². The number of carbonyl (C=O) groups is 1. The second kappa shape index (κ2) is 7.16. The Hall–Kier alpha value is -2.24. The molecule has 1 unspecified atom stereocenters. The summed E-state index contributed by atoms with van der Waals surface area (Å²) >= 11 is 0. The molecular formula is C14H15N3O. The van der Waals surface area contributed by atoms with Crippen molar-refractivity contribution in [2.75, 3.05) is 0 Å². The topological polar surface area (TPSA) is 65.8 Å². The molecule has 0 radical (unpaired) electrons. The van der Waals surface area contributed by atoms with E-state index in [-0.39, 0.29) is 5.78 Å². The molecule has 0 bridgehead atoms. The van der Waals surface area contributed by atoms with Crippen molar-refractivity contribution in [3.05, 3.63) is 45.8 Å². The van der Waals surface area contributed by atoms with Crippen molar-refractivity contribution in [1.29, 1.82) is 0 Å². The van der Waals surface area contributed by atoms with Crippen molar-refractivity contribution in [3.8, 4) is 12.3 Å². The lowest BCUT2D eigenvalue weighted by molar-refractivity contribution is -0.119. The van der Waals surface area contributed by atoms with E-state index >= 15 is 0 Å². The predicted octanol–water partition coefficient (Wildman–Crippen LogP) is 3.06. The van der Waals surface area contributed by atoms with Gasteiger partial charge in [-0.3, -0.25) is 4.79 Å². The molecule has 2 rings (SSSR count). The first-order valence-electron chi connectivity index (χ1n) is 5.74. The van der Waals surface area contributed by atoms with Crippen molar-refractivity contribution < 1.29 is 4.79 Å². The summed E-state index contributed by atoms with van der Waals surface area (Å²) in [4.78, 5) is 14.4. The molecular weight excluding hydrogens is 226 g/mol. The Labute approximate surface area is 107 Å². The van der Waals surface area contributed by atoms with E-state index in [1.165, 1.54) is 5.56 Å². The van der Waals surface area contributed by atoms with E-state index < -0.39 is 6.04 Å². The lowest BCUT2D eigenvalue weighted by atomic mass is 10.0. The first-order valence-corrected chi connectivity index (χ1v) is 5.74. The highest BCUT2D eigenvalue weighted by Crippen LogP contribution is 2.20. The maximum atomic E-state index is 11.7. The summed E-state index contributed by atoms with van der Waals surface area (Å²) in [7, 11) is 0. The Morgan fingerprint density at radius 3 is 2.67 bits per heavy atom. The number of rotatable bonds is 1. The molecule has 18 heavy (non-hydrogen) atoms. The Morgan fingerprint density at radius 2 is 2.06 bits per heavy atom. The third-order valence-electron chi connectivity index (χ3n) is 2.73. The van der Waals surface area contributed by atoms with Gasteiger partial charge >= 0.3 is 0 Å². The monoisotopic (exact) mass is 241 g/mol. The Morgan fingerprint density at radius 1 is 1.44 bits per heavy atom. The van der Waals surface area contributed by atoms with Gasteiger partial charge in [0.1, 0.15) is 5.78 Å². The van der Waals surface area contributed by atoms with Gasteiger partial charge in [-0.2, -0.15) is 0 Å². The number of aryl methyl sites for hydroxylation is 1. The van der Waals surface area contributed by atoms with Crippen LogP contribution in [0.25, 0.3) is 10.4 Å². The Bertz CT molecular complexity index is 510. The van der Waals surface area contributed by atoms with Gasteiger partial charge in [0.25, 0.3) is 0 Å². The zero-order valence-corrected chi connectivity index (χ0v) is 10.3. The summed E-state index contributed by atoms with van der Waals surface area (Å²) in [5.41, 5.74) is 10.6. The molecule has 1 atom stereocenters. The van der Waals surface area contributed by atoms with E-state index in [2.05, 4.69) is 22.4 Å². The molecule has 1 aromatic carbocycles. The van der Waals surface area contributed by atoms with Gasteiger partial charge in [0.05, 0.1) is 6.04 Å². The van der Waals surface area contributed by atoms with E-state index in [4.69, 9.17) is 5.53 Å². The Kier molecular flexibility index (Phi) is 5.50. The van der Waals surface area contributed by atoms with Crippen molar-refractivity contribution in [2.45, 2.75) is 32.2 Å². The number of azide groups is 1. The fourth-order valence-electron chi connectivity index (χ4n) is 1.92. The molecule has 0 amide bonds. The first kappa shape index (κ1) is 13.8. The molecule has 0 spiro atoms. The number of fused-ring (bicyclic) bond motifs is 1. The average molecular weight is 241 g/mol. The fraction of sp³-hybridized carbons (Fsp3) is 0.357. The number of ketones is 1. The summed E-state index contributed by atoms with van der Waals surface area (Å²) in [6.45, 7) is 1.65. The van der Waals surface area contributed by atoms with Crippen molar-refractivity contribution in [1.82, 2.24) is 0 Å². The lowest BCUT2D eigenvalue weighted by Gasteiger charge is -2.02. The quantitative estimate of drug-likeness (QED) is 0.245. The van der Waals surface area contributed by atoms with Crippen LogP contribution in [0.2, 0.25) is 0 Å². The number of benzene rings is 1. The van der Waals surface area contributed by atoms with Crippen LogP contribution in [-0.2, 0) is 17.6 Å². The lowest BCUT2D eigenvalue weighted by Crippen LogP contribution is -2.18. The minimum atomic E-state index is -0.484. The summed E-state index contributed by atoms with van der Waals surface area (Å²) in [5, 5.41) is 3.54. The van der Waals surface area contributed by atoms with Gasteiger partial charge in [0, 0.05) is 11.3 Å². The molecule has 4 heteroatoms. The number of nitrogens with zero attached hydrogens (tertiary/aromatic N) is 3. The zero-order chi connectivity index (χ0) is 13.4. The van der Waals surface area contributed by atoms with Gasteiger partial charge in [-0.25, -0.2) is 0 Å². The number of hydrogen-bond donors (Lipinski definition) is 0. The van der Waals surface area contributed by atoms with Crippen molar-refractivity contribution in [3.63, 3.8) is 0 Å². The molecule has 0 aliphatic heterocycles. The van der Waals surface area contributed by atoms with E-state index in [1.807, 2.05) is 24.3 Å². The van der Waals surface area contributed by atoms with Crippen molar-refractivity contribution in [2.24, 2.45) is 5.11 Å². The molecule has 92 valence electrons. The fourth-order valence-corrected chi connectivity index (χ4v) is 1.92. The summed E-state index contributed by atoms with van der Waals surface area (Å²) in [6, 6.07) is 7.41. The second-order valence-corrected chi connectivity index (χ2v) is 3.96. The molecule has 1 aliphatic carbocycles. The number of terminal acetylenes is 1. The summed E-state index contributed by atoms with van der Waals surface area (Å²) in [6.07, 6.45) is 6.42. The smallest absolute Gasteiger partial charge is 0.146 e. The van der Waals surface area contributed by atoms with Crippen LogP contribution in [0.1, 0.15) is 24.5 Å². The molecule has 0 N–H and O–H groups in total. The number of hydrogen-bond acceptors (Lipinski definition) is 2. The summed E-state index contributed by atoms with van der Waals surface area (Å²) in [5.74, 6) is 2.28. The minimum Gasteiger partial charge on any atom is -0.299 e. The van der Waals surface area contributed by atoms with Crippen LogP contribution >= 0.6 is 0 Å². The van der Waals surface area contributed by atoms with Gasteiger partial charge in [-0.1, -0.05) is 29.4 Å². The molecule has 4 nitrogen and oxygen atoms in total. The molecule has 0 fully saturated rings. The summed E-state index contributed by atoms with van der Waals surface area (Å²) < 4.78 is 0. The third kappa shape index (κ3) is 3.65. The minimum absolute atomic E-state index is 0.0257. The van der Waals surface area contributed by atoms with Crippen LogP contribution in [0.4, 0.5) is 0 Å². The predicted molar refractivity (Wildman–Crippen MR) is 70.9 cm³/mol. The number of Topliss-reactive ketones (excluding diaryl/α,β-unsaturated/α-hetero) is 1. The molecule has 0 heterocycles. The highest BCUT2D eigenvalue weighted by Gasteiger charge is 2.22. The Balaban J connectivity index is 0.000000492. The maximum absolute atomic E-state index is 11.7. The molecule has 1 aliphatic rings. The van der Waals surface area contributed by atoms with E-state index in [1.54, 1.807) is 6.92 Å². The largest absolute Gasteiger partial charge is 0.299 e. The third-order valence-corrected chi connectivity index (χ3v) is 2.73.